The van der Waals surface area contributed by atoms with Gasteiger partial charge in [0.1, 0.15) is 33.6 Å². The molecule has 6 nitrogen and oxygen atoms in total. The van der Waals surface area contributed by atoms with Gasteiger partial charge in [-0.2, -0.15) is 0 Å². The molecule has 36 heavy (non-hydrogen) atoms. The molecule has 0 saturated heterocycles. The minimum absolute atomic E-state index is 0.379. The molecule has 3 aliphatic rings. The van der Waals surface area contributed by atoms with Crippen molar-refractivity contribution in [2.75, 3.05) is 0 Å². The Morgan fingerprint density at radius 3 is 0.417 bits per heavy atom. The number of hydrogen-bond donors (Lipinski definition) is 6. The fourth-order valence-corrected chi connectivity index (χ4v) is 4.10. The highest BCUT2D eigenvalue weighted by molar-refractivity contribution is 5.19. The average molecular weight is 493 g/mol. The van der Waals surface area contributed by atoms with Crippen LogP contribution in [0.1, 0.15) is 77.0 Å². The minimum atomic E-state index is -1.05. The van der Waals surface area contributed by atoms with E-state index in [0.29, 0.717) is 77.0 Å². The van der Waals surface area contributed by atoms with Crippen molar-refractivity contribution in [3.05, 3.63) is 0 Å². The van der Waals surface area contributed by atoms with E-state index in [2.05, 4.69) is 35.5 Å². The Morgan fingerprint density at radius 2 is 0.361 bits per heavy atom. The van der Waals surface area contributed by atoms with E-state index in [9.17, 15) is 30.6 Å². The fourth-order valence-electron chi connectivity index (χ4n) is 4.10. The Labute approximate surface area is 215 Å². The summed E-state index contributed by atoms with van der Waals surface area (Å²) in [7, 11) is 0. The number of hydrogen-bond acceptors (Lipinski definition) is 6. The third-order valence-corrected chi connectivity index (χ3v) is 7.33. The molecule has 0 aromatic heterocycles. The SMILES string of the molecule is C#CC1(O)CCC(O)(C#C)CC1.C#CC1(O)CCC(O)(C#C)CC1.C#CC1(O)CCC(O)(C#C)CC1. The molecule has 0 aliphatic heterocycles. The molecular formula is C30H36O6. The highest BCUT2D eigenvalue weighted by atomic mass is 16.3. The molecule has 0 atom stereocenters. The van der Waals surface area contributed by atoms with E-state index in [1.807, 2.05) is 0 Å². The average Bonchev–Trinajstić information content (AvgIpc) is 2.91. The van der Waals surface area contributed by atoms with Gasteiger partial charge < -0.3 is 30.6 Å². The maximum atomic E-state index is 9.59. The Balaban J connectivity index is 0.000000270. The first-order valence-electron chi connectivity index (χ1n) is 11.8. The van der Waals surface area contributed by atoms with E-state index in [1.54, 1.807) is 0 Å². The standard InChI is InChI=1S/3C10H12O2/c3*1-3-9(11)5-7-10(12,4-2)8-6-9/h3*1-2,11-12H,5-8H2. The summed E-state index contributed by atoms with van der Waals surface area (Å²) in [5.74, 6) is 13.9. The zero-order chi connectivity index (χ0) is 27.7. The van der Waals surface area contributed by atoms with Crippen molar-refractivity contribution >= 4 is 0 Å². The van der Waals surface area contributed by atoms with Crippen molar-refractivity contribution < 1.29 is 30.6 Å². The zero-order valence-electron chi connectivity index (χ0n) is 20.6. The molecule has 0 spiro atoms. The lowest BCUT2D eigenvalue weighted by atomic mass is 9.77. The lowest BCUT2D eigenvalue weighted by Gasteiger charge is -2.35. The Bertz CT molecular complexity index is 787. The maximum absolute atomic E-state index is 9.59. The predicted molar refractivity (Wildman–Crippen MR) is 138 cm³/mol. The highest BCUT2D eigenvalue weighted by Gasteiger charge is 2.40. The molecule has 0 aromatic carbocycles. The van der Waals surface area contributed by atoms with Gasteiger partial charge in [0.05, 0.1) is 0 Å². The van der Waals surface area contributed by atoms with Gasteiger partial charge in [-0.15, -0.1) is 38.5 Å². The first-order valence-corrected chi connectivity index (χ1v) is 11.8. The zero-order valence-corrected chi connectivity index (χ0v) is 20.6. The van der Waals surface area contributed by atoms with Gasteiger partial charge in [0.15, 0.2) is 0 Å². The Kier molecular flexibility index (Phi) is 10.3. The number of aliphatic hydroxyl groups is 6. The second kappa shape index (κ2) is 11.9. The quantitative estimate of drug-likeness (QED) is 0.279. The Hall–Kier alpha value is -2.88. The van der Waals surface area contributed by atoms with Gasteiger partial charge >= 0.3 is 0 Å². The van der Waals surface area contributed by atoms with E-state index >= 15 is 0 Å². The molecule has 3 saturated carbocycles. The van der Waals surface area contributed by atoms with Crippen molar-refractivity contribution in [2.24, 2.45) is 0 Å². The van der Waals surface area contributed by atoms with Crippen molar-refractivity contribution in [1.29, 1.82) is 0 Å². The first kappa shape index (κ1) is 31.2. The summed E-state index contributed by atoms with van der Waals surface area (Å²) < 4.78 is 0. The van der Waals surface area contributed by atoms with Gasteiger partial charge in [0.2, 0.25) is 0 Å². The molecule has 0 amide bonds. The van der Waals surface area contributed by atoms with Crippen molar-refractivity contribution in [1.82, 2.24) is 0 Å². The maximum Gasteiger partial charge on any atom is 0.125 e. The van der Waals surface area contributed by atoms with Gasteiger partial charge in [-0.05, 0) is 77.0 Å². The minimum Gasteiger partial charge on any atom is -0.378 e. The molecule has 3 rings (SSSR count). The van der Waals surface area contributed by atoms with Gasteiger partial charge in [0.25, 0.3) is 0 Å². The van der Waals surface area contributed by atoms with Crippen LogP contribution in [0.25, 0.3) is 0 Å². The highest BCUT2D eigenvalue weighted by Crippen LogP contribution is 2.35. The third kappa shape index (κ3) is 8.65. The van der Waals surface area contributed by atoms with Gasteiger partial charge in [-0.1, -0.05) is 35.5 Å². The molecule has 192 valence electrons. The summed E-state index contributed by atoms with van der Waals surface area (Å²) in [6.07, 6.45) is 35.4. The lowest BCUT2D eigenvalue weighted by molar-refractivity contribution is -0.0218. The largest absolute Gasteiger partial charge is 0.378 e. The molecule has 0 bridgehead atoms. The van der Waals surface area contributed by atoms with Crippen LogP contribution in [-0.2, 0) is 0 Å². The smallest absolute Gasteiger partial charge is 0.125 e. The van der Waals surface area contributed by atoms with Crippen molar-refractivity contribution in [3.8, 4) is 74.1 Å². The second-order valence-electron chi connectivity index (χ2n) is 10.1. The van der Waals surface area contributed by atoms with Crippen LogP contribution in [0.5, 0.6) is 0 Å². The van der Waals surface area contributed by atoms with E-state index in [0.717, 1.165) is 0 Å². The summed E-state index contributed by atoms with van der Waals surface area (Å²) in [5.41, 5.74) is -6.32. The van der Waals surface area contributed by atoms with Crippen LogP contribution in [0.4, 0.5) is 0 Å². The summed E-state index contributed by atoms with van der Waals surface area (Å²) in [6.45, 7) is 0. The second-order valence-corrected chi connectivity index (χ2v) is 10.1. The van der Waals surface area contributed by atoms with E-state index in [4.69, 9.17) is 38.5 Å². The summed E-state index contributed by atoms with van der Waals surface area (Å²) >= 11 is 0. The molecule has 0 aromatic rings. The van der Waals surface area contributed by atoms with Gasteiger partial charge in [-0.25, -0.2) is 0 Å². The van der Waals surface area contributed by atoms with Gasteiger partial charge in [0, 0.05) is 0 Å². The molecular weight excluding hydrogens is 456 g/mol. The van der Waals surface area contributed by atoms with E-state index in [1.165, 1.54) is 0 Å². The monoisotopic (exact) mass is 492 g/mol. The van der Waals surface area contributed by atoms with Gasteiger partial charge in [-0.3, -0.25) is 0 Å². The topological polar surface area (TPSA) is 121 Å². The van der Waals surface area contributed by atoms with Crippen molar-refractivity contribution in [3.63, 3.8) is 0 Å². The number of terminal acetylenes is 6. The van der Waals surface area contributed by atoms with Crippen LogP contribution in [0.15, 0.2) is 0 Å². The van der Waals surface area contributed by atoms with Crippen LogP contribution in [0.2, 0.25) is 0 Å². The summed E-state index contributed by atoms with van der Waals surface area (Å²) in [6, 6.07) is 0. The normalized spacial score (nSPS) is 41.3. The molecule has 3 fully saturated rings. The molecule has 3 aliphatic carbocycles. The van der Waals surface area contributed by atoms with Crippen LogP contribution < -0.4 is 0 Å². The van der Waals surface area contributed by atoms with Crippen LogP contribution in [0.3, 0.4) is 0 Å². The molecule has 6 N–H and O–H groups in total. The number of rotatable bonds is 0. The summed E-state index contributed by atoms with van der Waals surface area (Å²) in [4.78, 5) is 0. The van der Waals surface area contributed by atoms with Crippen molar-refractivity contribution in [2.45, 2.75) is 111 Å². The van der Waals surface area contributed by atoms with E-state index in [-0.39, 0.29) is 0 Å². The van der Waals surface area contributed by atoms with Crippen LogP contribution in [0, 0.1) is 74.1 Å². The molecule has 0 heterocycles. The lowest BCUT2D eigenvalue weighted by Crippen LogP contribution is -2.41. The van der Waals surface area contributed by atoms with Crippen LogP contribution in [-0.4, -0.2) is 64.2 Å². The predicted octanol–water partition coefficient (Wildman–Crippen LogP) is 0.867. The summed E-state index contributed by atoms with van der Waals surface area (Å²) in [5, 5.41) is 57.6. The van der Waals surface area contributed by atoms with E-state index < -0.39 is 33.6 Å². The first-order chi connectivity index (χ1) is 16.6. The molecule has 6 heteroatoms. The fraction of sp³-hybridized carbons (Fsp3) is 0.600. The third-order valence-electron chi connectivity index (χ3n) is 7.33. The Morgan fingerprint density at radius 1 is 0.278 bits per heavy atom. The molecule has 0 unspecified atom stereocenters. The van der Waals surface area contributed by atoms with Crippen LogP contribution >= 0.6 is 0 Å². The molecule has 0 radical (unpaired) electrons.